The van der Waals surface area contributed by atoms with Gasteiger partial charge in [0.25, 0.3) is 5.91 Å². The second-order valence-corrected chi connectivity index (χ2v) is 8.09. The lowest BCUT2D eigenvalue weighted by molar-refractivity contribution is 0.0975. The highest BCUT2D eigenvalue weighted by Gasteiger charge is 2.34. The molecule has 1 N–H and O–H groups in total. The van der Waals surface area contributed by atoms with E-state index < -0.39 is 0 Å². The molecule has 4 rings (SSSR count). The van der Waals surface area contributed by atoms with E-state index >= 15 is 0 Å². The summed E-state index contributed by atoms with van der Waals surface area (Å²) in [6.45, 7) is 7.21. The molecule has 4 nitrogen and oxygen atoms in total. The number of nitrogens with one attached hydrogen (secondary N) is 1. The maximum absolute atomic E-state index is 13.5. The summed E-state index contributed by atoms with van der Waals surface area (Å²) in [7, 11) is 0. The van der Waals surface area contributed by atoms with Crippen molar-refractivity contribution in [1.82, 2.24) is 0 Å². The minimum absolute atomic E-state index is 0.00181. The van der Waals surface area contributed by atoms with Crippen LogP contribution in [0.15, 0.2) is 72.8 Å². The zero-order chi connectivity index (χ0) is 21.8. The van der Waals surface area contributed by atoms with Gasteiger partial charge in [0, 0.05) is 11.4 Å². The Morgan fingerprint density at radius 1 is 0.968 bits per heavy atom. The molecule has 31 heavy (non-hydrogen) atoms. The van der Waals surface area contributed by atoms with Crippen molar-refractivity contribution in [2.45, 2.75) is 45.7 Å². The molecule has 1 aliphatic heterocycles. The van der Waals surface area contributed by atoms with Crippen molar-refractivity contribution >= 4 is 17.3 Å². The second kappa shape index (κ2) is 9.25. The lowest BCUT2D eigenvalue weighted by atomic mass is 9.97. The number of carbonyl (C=O) groups excluding carboxylic acids is 1. The molecule has 0 saturated heterocycles. The van der Waals surface area contributed by atoms with Crippen LogP contribution in [0.4, 0.5) is 11.4 Å². The minimum Gasteiger partial charge on any atom is -0.494 e. The van der Waals surface area contributed by atoms with Crippen molar-refractivity contribution in [1.29, 1.82) is 0 Å². The summed E-state index contributed by atoms with van der Waals surface area (Å²) in [5, 5.41) is 3.57. The van der Waals surface area contributed by atoms with E-state index in [1.54, 1.807) is 0 Å². The number of amides is 1. The van der Waals surface area contributed by atoms with Crippen molar-refractivity contribution < 1.29 is 9.53 Å². The highest BCUT2D eigenvalue weighted by molar-refractivity contribution is 6.12. The molecule has 1 aliphatic rings. The van der Waals surface area contributed by atoms with E-state index in [1.165, 1.54) is 5.56 Å². The van der Waals surface area contributed by atoms with E-state index in [2.05, 4.69) is 50.4 Å². The Morgan fingerprint density at radius 3 is 2.35 bits per heavy atom. The van der Waals surface area contributed by atoms with E-state index in [1.807, 2.05) is 53.4 Å². The van der Waals surface area contributed by atoms with Gasteiger partial charge in [-0.2, -0.15) is 0 Å². The molecule has 0 radical (unpaired) electrons. The lowest BCUT2D eigenvalue weighted by Crippen LogP contribution is -2.43. The molecule has 0 bridgehead atoms. The number of benzene rings is 3. The molecular formula is C27H30N2O2. The van der Waals surface area contributed by atoms with E-state index in [9.17, 15) is 4.79 Å². The summed E-state index contributed by atoms with van der Waals surface area (Å²) >= 11 is 0. The second-order valence-electron chi connectivity index (χ2n) is 8.09. The normalized spacial score (nSPS) is 16.4. The standard InChI is InChI=1S/C27H30N2O2/c1-4-18-31-23-16-12-21(13-17-23)26-28-25-9-7-6-8-24(25)27(30)29(26)22-14-10-20(11-15-22)19(3)5-2/h6-17,19,26,28H,4-5,18H2,1-3H3/t19-,26+/m1/s1. The molecule has 0 aliphatic carbocycles. The van der Waals surface area contributed by atoms with Gasteiger partial charge in [0.05, 0.1) is 12.2 Å². The molecule has 160 valence electrons. The molecule has 1 heterocycles. The number of nitrogens with zero attached hydrogens (tertiary/aromatic N) is 1. The number of para-hydroxylation sites is 1. The first-order valence-corrected chi connectivity index (χ1v) is 11.1. The highest BCUT2D eigenvalue weighted by Crippen LogP contribution is 2.37. The van der Waals surface area contributed by atoms with Crippen molar-refractivity contribution in [2.24, 2.45) is 0 Å². The van der Waals surface area contributed by atoms with Gasteiger partial charge in [0.1, 0.15) is 11.9 Å². The average Bonchev–Trinajstić information content (AvgIpc) is 2.82. The topological polar surface area (TPSA) is 41.6 Å². The summed E-state index contributed by atoms with van der Waals surface area (Å²) in [6.07, 6.45) is 1.76. The van der Waals surface area contributed by atoms with Gasteiger partial charge in [-0.3, -0.25) is 9.69 Å². The van der Waals surface area contributed by atoms with E-state index in [0.29, 0.717) is 18.1 Å². The van der Waals surface area contributed by atoms with Crippen molar-refractivity contribution in [3.63, 3.8) is 0 Å². The van der Waals surface area contributed by atoms with Crippen LogP contribution in [0.25, 0.3) is 0 Å². The van der Waals surface area contributed by atoms with Crippen LogP contribution in [0.5, 0.6) is 5.75 Å². The van der Waals surface area contributed by atoms with Crippen molar-refractivity contribution in [3.05, 3.63) is 89.5 Å². The fourth-order valence-electron chi connectivity index (χ4n) is 3.92. The number of fused-ring (bicyclic) bond motifs is 1. The Bertz CT molecular complexity index is 1030. The maximum atomic E-state index is 13.5. The van der Waals surface area contributed by atoms with Gasteiger partial charge in [-0.05, 0) is 66.3 Å². The number of rotatable bonds is 7. The third-order valence-corrected chi connectivity index (χ3v) is 5.95. The number of hydrogen-bond donors (Lipinski definition) is 1. The Labute approximate surface area is 184 Å². The quantitative estimate of drug-likeness (QED) is 0.464. The van der Waals surface area contributed by atoms with Crippen LogP contribution in [0.1, 0.15) is 67.2 Å². The third kappa shape index (κ3) is 4.29. The van der Waals surface area contributed by atoms with Gasteiger partial charge in [-0.25, -0.2) is 0 Å². The summed E-state index contributed by atoms with van der Waals surface area (Å²) in [4.78, 5) is 15.4. The first-order valence-electron chi connectivity index (χ1n) is 11.1. The van der Waals surface area contributed by atoms with Crippen molar-refractivity contribution in [2.75, 3.05) is 16.8 Å². The summed E-state index contributed by atoms with van der Waals surface area (Å²) in [6, 6.07) is 24.1. The molecule has 0 spiro atoms. The predicted octanol–water partition coefficient (Wildman–Crippen LogP) is 6.76. The van der Waals surface area contributed by atoms with Gasteiger partial charge < -0.3 is 10.1 Å². The number of ether oxygens (including phenoxy) is 1. The van der Waals surface area contributed by atoms with Crippen LogP contribution >= 0.6 is 0 Å². The molecular weight excluding hydrogens is 384 g/mol. The first-order chi connectivity index (χ1) is 15.1. The molecule has 1 amide bonds. The van der Waals surface area contributed by atoms with Crippen LogP contribution in [0.2, 0.25) is 0 Å². The van der Waals surface area contributed by atoms with Crippen LogP contribution < -0.4 is 15.0 Å². The Morgan fingerprint density at radius 2 is 1.68 bits per heavy atom. The molecule has 4 heteroatoms. The van der Waals surface area contributed by atoms with Crippen LogP contribution in [-0.4, -0.2) is 12.5 Å². The smallest absolute Gasteiger partial charge is 0.262 e. The van der Waals surface area contributed by atoms with Crippen LogP contribution in [0.3, 0.4) is 0 Å². The molecule has 0 fully saturated rings. The zero-order valence-corrected chi connectivity index (χ0v) is 18.5. The largest absolute Gasteiger partial charge is 0.494 e. The van der Waals surface area contributed by atoms with Crippen LogP contribution in [-0.2, 0) is 0 Å². The van der Waals surface area contributed by atoms with Crippen LogP contribution in [0, 0.1) is 0 Å². The average molecular weight is 415 g/mol. The summed E-state index contributed by atoms with van der Waals surface area (Å²) < 4.78 is 5.73. The van der Waals surface area contributed by atoms with Gasteiger partial charge in [0.2, 0.25) is 0 Å². The first kappa shape index (κ1) is 21.0. The number of carbonyl (C=O) groups is 1. The molecule has 2 atom stereocenters. The van der Waals surface area contributed by atoms with Gasteiger partial charge >= 0.3 is 0 Å². The Hall–Kier alpha value is -3.27. The fourth-order valence-corrected chi connectivity index (χ4v) is 3.92. The summed E-state index contributed by atoms with van der Waals surface area (Å²) in [5.74, 6) is 1.34. The third-order valence-electron chi connectivity index (χ3n) is 5.95. The predicted molar refractivity (Wildman–Crippen MR) is 127 cm³/mol. The minimum atomic E-state index is -0.294. The molecule has 0 aromatic heterocycles. The molecule has 0 unspecified atom stereocenters. The number of hydrogen-bond acceptors (Lipinski definition) is 3. The van der Waals surface area contributed by atoms with Gasteiger partial charge in [-0.1, -0.05) is 57.2 Å². The Balaban J connectivity index is 1.71. The van der Waals surface area contributed by atoms with Crippen molar-refractivity contribution in [3.8, 4) is 5.75 Å². The fraction of sp³-hybridized carbons (Fsp3) is 0.296. The Kier molecular flexibility index (Phi) is 6.26. The molecule has 3 aromatic carbocycles. The van der Waals surface area contributed by atoms with Gasteiger partial charge in [0.15, 0.2) is 0 Å². The van der Waals surface area contributed by atoms with E-state index in [0.717, 1.165) is 35.5 Å². The van der Waals surface area contributed by atoms with Gasteiger partial charge in [-0.15, -0.1) is 0 Å². The maximum Gasteiger partial charge on any atom is 0.262 e. The monoisotopic (exact) mass is 414 g/mol. The summed E-state index contributed by atoms with van der Waals surface area (Å²) in [5.41, 5.74) is 4.73. The van der Waals surface area contributed by atoms with E-state index in [-0.39, 0.29) is 12.1 Å². The zero-order valence-electron chi connectivity index (χ0n) is 18.5. The van der Waals surface area contributed by atoms with E-state index in [4.69, 9.17) is 4.74 Å². The molecule has 0 saturated carbocycles. The molecule has 3 aromatic rings. The lowest BCUT2D eigenvalue weighted by Gasteiger charge is -2.38. The highest BCUT2D eigenvalue weighted by atomic mass is 16.5. The number of anilines is 2. The SMILES string of the molecule is CCCOc1ccc([C@H]2Nc3ccccc3C(=O)N2c2ccc([C@H](C)CC)cc2)cc1.